The summed E-state index contributed by atoms with van der Waals surface area (Å²) >= 11 is 0. The second-order valence-corrected chi connectivity index (χ2v) is 5.42. The Bertz CT molecular complexity index is 459. The zero-order valence-electron chi connectivity index (χ0n) is 10.7. The van der Waals surface area contributed by atoms with Crippen LogP contribution in [0, 0.1) is 0 Å². The van der Waals surface area contributed by atoms with Crippen LogP contribution in [0.5, 0.6) is 0 Å². The van der Waals surface area contributed by atoms with Gasteiger partial charge in [0.15, 0.2) is 5.76 Å². The Hall–Kier alpha value is -1.37. The lowest BCUT2D eigenvalue weighted by molar-refractivity contribution is 0.0274. The molecule has 6 nitrogen and oxygen atoms in total. The number of nitrogen functional groups attached to an aromatic ring is 1. The van der Waals surface area contributed by atoms with Crippen LogP contribution in [0.15, 0.2) is 16.5 Å². The van der Waals surface area contributed by atoms with E-state index in [0.29, 0.717) is 18.6 Å². The lowest BCUT2D eigenvalue weighted by atomic mass is 10.00. The number of aliphatic hydroxyl groups excluding tert-OH is 1. The first-order valence-electron chi connectivity index (χ1n) is 6.71. The predicted octanol–water partition coefficient (Wildman–Crippen LogP) is 0.371. The molecular weight excluding hydrogens is 246 g/mol. The van der Waals surface area contributed by atoms with Crippen LogP contribution in [0.4, 0.5) is 0 Å². The summed E-state index contributed by atoms with van der Waals surface area (Å²) < 4.78 is 5.49. The third-order valence-electron chi connectivity index (χ3n) is 4.21. The average Bonchev–Trinajstić information content (AvgIpc) is 2.94. The minimum Gasteiger partial charge on any atom is -0.455 e. The largest absolute Gasteiger partial charge is 0.455 e. The highest BCUT2D eigenvalue weighted by atomic mass is 16.4. The number of hydrogen-bond donors (Lipinski definition) is 3. The minimum atomic E-state index is -0.414. The number of hydrogen-bond acceptors (Lipinski definition) is 5. The Morgan fingerprint density at radius 3 is 2.74 bits per heavy atom. The minimum absolute atomic E-state index is 0.163. The molecule has 0 aromatic carbocycles. The zero-order chi connectivity index (χ0) is 13.4. The van der Waals surface area contributed by atoms with Crippen LogP contribution in [0.3, 0.4) is 0 Å². The van der Waals surface area contributed by atoms with Crippen molar-refractivity contribution in [2.45, 2.75) is 50.4 Å². The lowest BCUT2D eigenvalue weighted by Crippen LogP contribution is -2.43. The standard InChI is InChI=1S/C13H19N3O3/c14-15-13(18)12-4-3-11(19-12)7-16-8-1-2-9(16)6-10(17)5-8/h3-4,8-10,17H,1-2,5-7,14H2,(H,15,18). The summed E-state index contributed by atoms with van der Waals surface area (Å²) in [5, 5.41) is 9.77. The predicted molar refractivity (Wildman–Crippen MR) is 68.0 cm³/mol. The molecule has 1 aromatic rings. The van der Waals surface area contributed by atoms with Crippen molar-refractivity contribution in [2.75, 3.05) is 0 Å². The molecule has 0 radical (unpaired) electrons. The highest BCUT2D eigenvalue weighted by Crippen LogP contribution is 2.36. The molecule has 2 unspecified atom stereocenters. The SMILES string of the molecule is NNC(=O)c1ccc(CN2C3CCC2CC(O)C3)o1. The summed E-state index contributed by atoms with van der Waals surface area (Å²) in [4.78, 5) is 13.7. The van der Waals surface area contributed by atoms with Crippen LogP contribution in [0.25, 0.3) is 0 Å². The number of furan rings is 1. The van der Waals surface area contributed by atoms with Crippen LogP contribution < -0.4 is 11.3 Å². The van der Waals surface area contributed by atoms with Crippen molar-refractivity contribution in [3.63, 3.8) is 0 Å². The maximum absolute atomic E-state index is 11.3. The third-order valence-corrected chi connectivity index (χ3v) is 4.21. The number of nitrogens with two attached hydrogens (primary N) is 1. The maximum atomic E-state index is 11.3. The second-order valence-electron chi connectivity index (χ2n) is 5.42. The van der Waals surface area contributed by atoms with Gasteiger partial charge in [0.2, 0.25) is 0 Å². The van der Waals surface area contributed by atoms with E-state index in [4.69, 9.17) is 10.3 Å². The summed E-state index contributed by atoms with van der Waals surface area (Å²) in [6.07, 6.45) is 3.79. The molecule has 0 saturated carbocycles. The van der Waals surface area contributed by atoms with Gasteiger partial charge in [0.05, 0.1) is 12.6 Å². The molecule has 3 heterocycles. The molecule has 19 heavy (non-hydrogen) atoms. The maximum Gasteiger partial charge on any atom is 0.300 e. The van der Waals surface area contributed by atoms with Gasteiger partial charge in [-0.25, -0.2) is 5.84 Å². The van der Waals surface area contributed by atoms with E-state index in [1.165, 1.54) is 0 Å². The molecule has 3 rings (SSSR count). The van der Waals surface area contributed by atoms with Gasteiger partial charge >= 0.3 is 5.91 Å². The number of piperidine rings is 1. The molecule has 6 heteroatoms. The molecule has 2 fully saturated rings. The molecular formula is C13H19N3O3. The number of carbonyl (C=O) groups excluding carboxylic acids is 1. The van der Waals surface area contributed by atoms with Crippen LogP contribution in [-0.4, -0.2) is 34.1 Å². The fourth-order valence-electron chi connectivity index (χ4n) is 3.34. The number of hydrazine groups is 1. The number of carbonyl (C=O) groups is 1. The smallest absolute Gasteiger partial charge is 0.300 e. The van der Waals surface area contributed by atoms with E-state index >= 15 is 0 Å². The van der Waals surface area contributed by atoms with Gasteiger partial charge in [-0.15, -0.1) is 0 Å². The van der Waals surface area contributed by atoms with E-state index in [2.05, 4.69) is 10.3 Å². The Kier molecular flexibility index (Phi) is 3.30. The summed E-state index contributed by atoms with van der Waals surface area (Å²) in [5.74, 6) is 5.66. The number of amides is 1. The van der Waals surface area contributed by atoms with E-state index in [1.54, 1.807) is 6.07 Å². The van der Waals surface area contributed by atoms with Crippen molar-refractivity contribution in [3.8, 4) is 0 Å². The quantitative estimate of drug-likeness (QED) is 0.417. The lowest BCUT2D eigenvalue weighted by Gasteiger charge is -2.36. The number of fused-ring (bicyclic) bond motifs is 2. The normalized spacial score (nSPS) is 30.5. The fourth-order valence-corrected chi connectivity index (χ4v) is 3.34. The fraction of sp³-hybridized carbons (Fsp3) is 0.615. The van der Waals surface area contributed by atoms with Gasteiger partial charge < -0.3 is 9.52 Å². The Balaban J connectivity index is 1.69. The number of rotatable bonds is 3. The zero-order valence-corrected chi connectivity index (χ0v) is 10.7. The molecule has 2 atom stereocenters. The van der Waals surface area contributed by atoms with Gasteiger partial charge in [0.25, 0.3) is 0 Å². The molecule has 1 amide bonds. The highest BCUT2D eigenvalue weighted by Gasteiger charge is 2.40. The van der Waals surface area contributed by atoms with E-state index < -0.39 is 5.91 Å². The number of nitrogens with zero attached hydrogens (tertiary/aromatic N) is 1. The van der Waals surface area contributed by atoms with Crippen molar-refractivity contribution < 1.29 is 14.3 Å². The van der Waals surface area contributed by atoms with Crippen LogP contribution in [0.2, 0.25) is 0 Å². The van der Waals surface area contributed by atoms with Crippen molar-refractivity contribution >= 4 is 5.91 Å². The van der Waals surface area contributed by atoms with E-state index in [-0.39, 0.29) is 11.9 Å². The Morgan fingerprint density at radius 2 is 2.11 bits per heavy atom. The molecule has 0 spiro atoms. The highest BCUT2D eigenvalue weighted by molar-refractivity contribution is 5.90. The van der Waals surface area contributed by atoms with Crippen LogP contribution >= 0.6 is 0 Å². The van der Waals surface area contributed by atoms with Crippen molar-refractivity contribution in [3.05, 3.63) is 23.7 Å². The molecule has 2 aliphatic rings. The summed E-state index contributed by atoms with van der Waals surface area (Å²) in [6, 6.07) is 4.32. The second kappa shape index (κ2) is 4.96. The Morgan fingerprint density at radius 1 is 1.42 bits per heavy atom. The molecule has 0 aliphatic carbocycles. The molecule has 1 aromatic heterocycles. The first-order chi connectivity index (χ1) is 9.17. The summed E-state index contributed by atoms with van der Waals surface area (Å²) in [5.41, 5.74) is 2.05. The van der Waals surface area contributed by atoms with Crippen molar-refractivity contribution in [1.29, 1.82) is 0 Å². The van der Waals surface area contributed by atoms with Gasteiger partial charge in [-0.05, 0) is 37.8 Å². The van der Waals surface area contributed by atoms with Gasteiger partial charge in [0, 0.05) is 12.1 Å². The van der Waals surface area contributed by atoms with E-state index in [0.717, 1.165) is 31.4 Å². The monoisotopic (exact) mass is 265 g/mol. The summed E-state index contributed by atoms with van der Waals surface area (Å²) in [6.45, 7) is 0.694. The van der Waals surface area contributed by atoms with Gasteiger partial charge in [-0.1, -0.05) is 0 Å². The first-order valence-corrected chi connectivity index (χ1v) is 6.71. The van der Waals surface area contributed by atoms with E-state index in [9.17, 15) is 9.90 Å². The van der Waals surface area contributed by atoms with Gasteiger partial charge in [-0.3, -0.25) is 15.1 Å². The molecule has 2 saturated heterocycles. The van der Waals surface area contributed by atoms with Crippen LogP contribution in [0.1, 0.15) is 42.0 Å². The molecule has 2 aliphatic heterocycles. The molecule has 104 valence electrons. The topological polar surface area (TPSA) is 91.7 Å². The number of nitrogens with one attached hydrogen (secondary N) is 1. The van der Waals surface area contributed by atoms with Gasteiger partial charge in [-0.2, -0.15) is 0 Å². The average molecular weight is 265 g/mol. The third kappa shape index (κ3) is 2.39. The molecule has 4 N–H and O–H groups in total. The Labute approximate surface area is 111 Å². The van der Waals surface area contributed by atoms with E-state index in [1.807, 2.05) is 6.07 Å². The van der Waals surface area contributed by atoms with Crippen molar-refractivity contribution in [2.24, 2.45) is 5.84 Å². The van der Waals surface area contributed by atoms with Crippen molar-refractivity contribution in [1.82, 2.24) is 10.3 Å². The number of aliphatic hydroxyl groups is 1. The van der Waals surface area contributed by atoms with Gasteiger partial charge in [0.1, 0.15) is 5.76 Å². The summed E-state index contributed by atoms with van der Waals surface area (Å²) in [7, 11) is 0. The molecule has 2 bridgehead atoms. The van der Waals surface area contributed by atoms with Crippen LogP contribution in [-0.2, 0) is 6.54 Å². The first kappa shape index (κ1) is 12.7.